The summed E-state index contributed by atoms with van der Waals surface area (Å²) in [6.07, 6.45) is -0.779. The largest absolute Gasteiger partial charge is 0.497 e. The van der Waals surface area contributed by atoms with E-state index in [-0.39, 0.29) is 31.1 Å². The first kappa shape index (κ1) is 22.5. The van der Waals surface area contributed by atoms with Crippen molar-refractivity contribution in [3.05, 3.63) is 60.2 Å². The summed E-state index contributed by atoms with van der Waals surface area (Å²) in [5.41, 5.74) is 2.26. The molecule has 0 aromatic heterocycles. The Morgan fingerprint density at radius 3 is 2.39 bits per heavy atom. The number of piperazine rings is 1. The van der Waals surface area contributed by atoms with Crippen molar-refractivity contribution < 1.29 is 32.7 Å². The number of carbonyl (C=O) groups is 2. The minimum absolute atomic E-state index is 0.00248. The summed E-state index contributed by atoms with van der Waals surface area (Å²) in [5.74, 6) is -0.409. The van der Waals surface area contributed by atoms with E-state index in [1.807, 2.05) is 6.07 Å². The third-order valence-electron chi connectivity index (χ3n) is 4.89. The van der Waals surface area contributed by atoms with E-state index in [0.29, 0.717) is 5.75 Å². The monoisotopic (exact) mass is 449 g/mol. The highest BCUT2D eigenvalue weighted by Crippen LogP contribution is 2.23. The van der Waals surface area contributed by atoms with Crippen molar-refractivity contribution in [1.82, 2.24) is 14.7 Å². The standard InChI is InChI=1S/C20H23N3O7S/c1-29-16-7-9-17(10-8-16)31(27,28)22-11-12-23(18(13-22)19(24)21-26)20(25)30-14-15-5-3-2-4-6-15/h2-10,18,26H,11-14H2,1H3,(H,21,24). The molecule has 0 spiro atoms. The average Bonchev–Trinajstić information content (AvgIpc) is 2.82. The Kier molecular flexibility index (Phi) is 7.10. The van der Waals surface area contributed by atoms with E-state index >= 15 is 0 Å². The molecule has 1 fully saturated rings. The quantitative estimate of drug-likeness (QED) is 0.502. The molecule has 11 heteroatoms. The summed E-state index contributed by atoms with van der Waals surface area (Å²) in [5, 5.41) is 9.10. The molecule has 166 valence electrons. The van der Waals surface area contributed by atoms with Crippen molar-refractivity contribution >= 4 is 22.0 Å². The van der Waals surface area contributed by atoms with Crippen LogP contribution < -0.4 is 10.2 Å². The SMILES string of the molecule is COc1ccc(S(=O)(=O)N2CCN(C(=O)OCc3ccccc3)C(C(=O)NO)C2)cc1. The van der Waals surface area contributed by atoms with Gasteiger partial charge < -0.3 is 9.47 Å². The summed E-state index contributed by atoms with van der Waals surface area (Å²) in [6, 6.07) is 13.6. The highest BCUT2D eigenvalue weighted by Gasteiger charge is 2.40. The van der Waals surface area contributed by atoms with Crippen molar-refractivity contribution in [3.63, 3.8) is 0 Å². The molecule has 0 bridgehead atoms. The van der Waals surface area contributed by atoms with Crippen molar-refractivity contribution in [2.45, 2.75) is 17.5 Å². The number of hydroxylamine groups is 1. The van der Waals surface area contributed by atoms with Gasteiger partial charge in [0.15, 0.2) is 0 Å². The molecule has 0 radical (unpaired) electrons. The van der Waals surface area contributed by atoms with Gasteiger partial charge in [-0.15, -0.1) is 0 Å². The van der Waals surface area contributed by atoms with E-state index in [1.54, 1.807) is 24.3 Å². The van der Waals surface area contributed by atoms with E-state index < -0.39 is 28.1 Å². The molecule has 0 saturated carbocycles. The Labute approximate surface area is 180 Å². The Bertz CT molecular complexity index is 1010. The van der Waals surface area contributed by atoms with Gasteiger partial charge in [0.2, 0.25) is 10.0 Å². The van der Waals surface area contributed by atoms with Gasteiger partial charge in [-0.1, -0.05) is 30.3 Å². The normalized spacial score (nSPS) is 17.1. The van der Waals surface area contributed by atoms with Crippen molar-refractivity contribution in [1.29, 1.82) is 0 Å². The second kappa shape index (κ2) is 9.77. The van der Waals surface area contributed by atoms with E-state index in [2.05, 4.69) is 0 Å². The third-order valence-corrected chi connectivity index (χ3v) is 6.77. The number of amides is 2. The van der Waals surface area contributed by atoms with E-state index in [1.165, 1.54) is 36.9 Å². The third kappa shape index (κ3) is 5.13. The molecule has 10 nitrogen and oxygen atoms in total. The molecule has 1 saturated heterocycles. The van der Waals surface area contributed by atoms with Gasteiger partial charge in [-0.2, -0.15) is 4.31 Å². The first-order valence-electron chi connectivity index (χ1n) is 9.42. The molecule has 1 heterocycles. The molecule has 1 aliphatic rings. The summed E-state index contributed by atoms with van der Waals surface area (Å²) in [4.78, 5) is 25.9. The van der Waals surface area contributed by atoms with Crippen molar-refractivity contribution in [2.75, 3.05) is 26.7 Å². The van der Waals surface area contributed by atoms with Gasteiger partial charge in [-0.25, -0.2) is 18.7 Å². The van der Waals surface area contributed by atoms with Crippen LogP contribution in [0.15, 0.2) is 59.5 Å². The minimum Gasteiger partial charge on any atom is -0.497 e. The fraction of sp³-hybridized carbons (Fsp3) is 0.300. The summed E-state index contributed by atoms with van der Waals surface area (Å²) < 4.78 is 37.4. The lowest BCUT2D eigenvalue weighted by atomic mass is 10.2. The van der Waals surface area contributed by atoms with Crippen LogP contribution >= 0.6 is 0 Å². The zero-order valence-electron chi connectivity index (χ0n) is 16.8. The van der Waals surface area contributed by atoms with Crippen LogP contribution in [-0.4, -0.2) is 67.6 Å². The molecule has 3 rings (SSSR count). The highest BCUT2D eigenvalue weighted by molar-refractivity contribution is 7.89. The number of carbonyl (C=O) groups excluding carboxylic acids is 2. The van der Waals surface area contributed by atoms with Gasteiger partial charge in [-0.05, 0) is 29.8 Å². The Morgan fingerprint density at radius 1 is 1.10 bits per heavy atom. The fourth-order valence-electron chi connectivity index (χ4n) is 3.19. The van der Waals surface area contributed by atoms with Gasteiger partial charge in [-0.3, -0.25) is 14.9 Å². The minimum atomic E-state index is -3.93. The lowest BCUT2D eigenvalue weighted by Crippen LogP contribution is -2.61. The zero-order chi connectivity index (χ0) is 22.4. The number of sulfonamides is 1. The molecule has 1 unspecified atom stereocenters. The lowest BCUT2D eigenvalue weighted by Gasteiger charge is -2.38. The maximum absolute atomic E-state index is 13.0. The molecule has 2 N–H and O–H groups in total. The van der Waals surface area contributed by atoms with Crippen LogP contribution in [0.4, 0.5) is 4.79 Å². The number of ether oxygens (including phenoxy) is 2. The average molecular weight is 449 g/mol. The van der Waals surface area contributed by atoms with Crippen molar-refractivity contribution in [3.8, 4) is 5.75 Å². The second-order valence-corrected chi connectivity index (χ2v) is 8.70. The van der Waals surface area contributed by atoms with Gasteiger partial charge >= 0.3 is 6.09 Å². The molecular weight excluding hydrogens is 426 g/mol. The number of nitrogens with zero attached hydrogens (tertiary/aromatic N) is 2. The van der Waals surface area contributed by atoms with E-state index in [4.69, 9.17) is 14.7 Å². The molecular formula is C20H23N3O7S. The molecule has 1 aliphatic heterocycles. The highest BCUT2D eigenvalue weighted by atomic mass is 32.2. The molecule has 0 aliphatic carbocycles. The van der Waals surface area contributed by atoms with Crippen LogP contribution in [0.5, 0.6) is 5.75 Å². The Hall–Kier alpha value is -3.15. The molecule has 1 atom stereocenters. The number of hydrogen-bond acceptors (Lipinski definition) is 7. The maximum Gasteiger partial charge on any atom is 0.410 e. The predicted octanol–water partition coefficient (Wildman–Crippen LogP) is 1.21. The number of nitrogens with one attached hydrogen (secondary N) is 1. The number of hydrogen-bond donors (Lipinski definition) is 2. The van der Waals surface area contributed by atoms with E-state index in [0.717, 1.165) is 14.8 Å². The molecule has 2 amide bonds. The van der Waals surface area contributed by atoms with Crippen LogP contribution in [0.3, 0.4) is 0 Å². The summed E-state index contributed by atoms with van der Waals surface area (Å²) in [7, 11) is -2.46. The maximum atomic E-state index is 13.0. The first-order valence-corrected chi connectivity index (χ1v) is 10.9. The Balaban J connectivity index is 1.74. The number of benzene rings is 2. The smallest absolute Gasteiger partial charge is 0.410 e. The number of rotatable bonds is 6. The van der Waals surface area contributed by atoms with Gasteiger partial charge in [0, 0.05) is 19.6 Å². The second-order valence-electron chi connectivity index (χ2n) is 6.76. The van der Waals surface area contributed by atoms with Crippen LogP contribution in [0, 0.1) is 0 Å². The van der Waals surface area contributed by atoms with E-state index in [9.17, 15) is 18.0 Å². The van der Waals surface area contributed by atoms with Crippen LogP contribution in [0.25, 0.3) is 0 Å². The van der Waals surface area contributed by atoms with Crippen LogP contribution in [-0.2, 0) is 26.2 Å². The molecule has 2 aromatic carbocycles. The summed E-state index contributed by atoms with van der Waals surface area (Å²) in [6.45, 7) is -0.455. The fourth-order valence-corrected chi connectivity index (χ4v) is 4.63. The molecule has 31 heavy (non-hydrogen) atoms. The molecule has 2 aromatic rings. The van der Waals surface area contributed by atoms with Gasteiger partial charge in [0.05, 0.1) is 12.0 Å². The Morgan fingerprint density at radius 2 is 1.77 bits per heavy atom. The first-order chi connectivity index (χ1) is 14.9. The van der Waals surface area contributed by atoms with Crippen molar-refractivity contribution in [2.24, 2.45) is 0 Å². The van der Waals surface area contributed by atoms with Crippen LogP contribution in [0.1, 0.15) is 5.56 Å². The predicted molar refractivity (Wildman–Crippen MR) is 109 cm³/mol. The zero-order valence-corrected chi connectivity index (χ0v) is 17.6. The van der Waals surface area contributed by atoms with Gasteiger partial charge in [0.1, 0.15) is 18.4 Å². The van der Waals surface area contributed by atoms with Crippen LogP contribution in [0.2, 0.25) is 0 Å². The number of methoxy groups -OCH3 is 1. The lowest BCUT2D eigenvalue weighted by molar-refractivity contribution is -0.135. The topological polar surface area (TPSA) is 125 Å². The van der Waals surface area contributed by atoms with Gasteiger partial charge in [0.25, 0.3) is 5.91 Å². The summed E-state index contributed by atoms with van der Waals surface area (Å²) >= 11 is 0.